The number of rotatable bonds is 2. The number of piperidine rings is 1. The molecule has 0 radical (unpaired) electrons. The molecule has 1 heterocycles. The molecule has 1 N–H and O–H groups in total. The van der Waals surface area contributed by atoms with E-state index in [1.54, 1.807) is 11.8 Å². The van der Waals surface area contributed by atoms with Crippen molar-refractivity contribution in [1.82, 2.24) is 4.90 Å². The molecule has 0 aromatic rings. The highest BCUT2D eigenvalue weighted by Gasteiger charge is 2.34. The molecular weight excluding hydrogens is 194 g/mol. The monoisotopic (exact) mass is 209 g/mol. The molecule has 1 amide bonds. The van der Waals surface area contributed by atoms with Crippen LogP contribution in [0.4, 0.5) is 0 Å². The molecule has 2 atom stereocenters. The number of carbonyl (C=O) groups is 2. The summed E-state index contributed by atoms with van der Waals surface area (Å²) in [6, 6.07) is -0.253. The van der Waals surface area contributed by atoms with E-state index in [1.165, 1.54) is 0 Å². The molecule has 1 rings (SSSR count). The van der Waals surface area contributed by atoms with Gasteiger partial charge in [-0.15, -0.1) is 6.42 Å². The first-order valence-corrected chi connectivity index (χ1v) is 5.03. The largest absolute Gasteiger partial charge is 0.481 e. The van der Waals surface area contributed by atoms with Crippen molar-refractivity contribution in [2.45, 2.75) is 32.2 Å². The van der Waals surface area contributed by atoms with Gasteiger partial charge in [0.15, 0.2) is 0 Å². The zero-order valence-electron chi connectivity index (χ0n) is 8.77. The highest BCUT2D eigenvalue weighted by molar-refractivity contribution is 5.80. The normalized spacial score (nSPS) is 25.7. The van der Waals surface area contributed by atoms with Gasteiger partial charge in [-0.2, -0.15) is 0 Å². The number of terminal acetylenes is 1. The maximum atomic E-state index is 11.6. The first-order chi connectivity index (χ1) is 7.07. The SMILES string of the molecule is C#CCC(=O)N1CCCC(C(=O)O)C1C. The zero-order valence-corrected chi connectivity index (χ0v) is 8.77. The quantitative estimate of drug-likeness (QED) is 0.682. The lowest BCUT2D eigenvalue weighted by atomic mass is 9.90. The molecule has 4 nitrogen and oxygen atoms in total. The van der Waals surface area contributed by atoms with Crippen LogP contribution in [0.3, 0.4) is 0 Å². The first-order valence-electron chi connectivity index (χ1n) is 5.03. The Bertz CT molecular complexity index is 305. The van der Waals surface area contributed by atoms with Gasteiger partial charge in [-0.1, -0.05) is 5.92 Å². The summed E-state index contributed by atoms with van der Waals surface area (Å²) in [5.74, 6) is 0.858. The Morgan fingerprint density at radius 2 is 2.27 bits per heavy atom. The lowest BCUT2D eigenvalue weighted by Crippen LogP contribution is -2.49. The van der Waals surface area contributed by atoms with E-state index in [2.05, 4.69) is 5.92 Å². The minimum atomic E-state index is -0.833. The standard InChI is InChI=1S/C11H15NO3/c1-3-5-10(13)12-7-4-6-9(8(12)2)11(14)15/h1,8-9H,4-7H2,2H3,(H,14,15). The summed E-state index contributed by atoms with van der Waals surface area (Å²) in [5.41, 5.74) is 0. The van der Waals surface area contributed by atoms with Crippen LogP contribution >= 0.6 is 0 Å². The number of carbonyl (C=O) groups excluding carboxylic acids is 1. The van der Waals surface area contributed by atoms with E-state index < -0.39 is 11.9 Å². The van der Waals surface area contributed by atoms with Crippen molar-refractivity contribution in [3.05, 3.63) is 0 Å². The first kappa shape index (κ1) is 11.6. The number of amides is 1. The predicted octanol–water partition coefficient (Wildman–Crippen LogP) is 0.721. The maximum absolute atomic E-state index is 11.6. The van der Waals surface area contributed by atoms with Gasteiger partial charge in [0.1, 0.15) is 0 Å². The third kappa shape index (κ3) is 2.50. The fourth-order valence-corrected chi connectivity index (χ4v) is 2.01. The fourth-order valence-electron chi connectivity index (χ4n) is 2.01. The van der Waals surface area contributed by atoms with Crippen molar-refractivity contribution in [2.75, 3.05) is 6.54 Å². The molecule has 1 aliphatic rings. The third-order valence-electron chi connectivity index (χ3n) is 2.88. The van der Waals surface area contributed by atoms with Crippen LogP contribution in [0.5, 0.6) is 0 Å². The number of aliphatic carboxylic acids is 1. The lowest BCUT2D eigenvalue weighted by molar-refractivity contribution is -0.148. The van der Waals surface area contributed by atoms with Crippen molar-refractivity contribution >= 4 is 11.9 Å². The van der Waals surface area contributed by atoms with Gasteiger partial charge in [-0.05, 0) is 19.8 Å². The summed E-state index contributed by atoms with van der Waals surface area (Å²) < 4.78 is 0. The molecule has 0 aromatic carbocycles. The van der Waals surface area contributed by atoms with E-state index in [1.807, 2.05) is 0 Å². The Kier molecular flexibility index (Phi) is 3.73. The summed E-state index contributed by atoms with van der Waals surface area (Å²) in [6.45, 7) is 2.39. The highest BCUT2D eigenvalue weighted by Crippen LogP contribution is 2.24. The smallest absolute Gasteiger partial charge is 0.308 e. The van der Waals surface area contributed by atoms with Crippen molar-refractivity contribution in [3.63, 3.8) is 0 Å². The molecule has 0 aromatic heterocycles. The molecule has 0 spiro atoms. The molecular formula is C11H15NO3. The average Bonchev–Trinajstić information content (AvgIpc) is 2.17. The summed E-state index contributed by atoms with van der Waals surface area (Å²) >= 11 is 0. The van der Waals surface area contributed by atoms with E-state index in [0.717, 1.165) is 6.42 Å². The molecule has 4 heteroatoms. The molecule has 0 saturated carbocycles. The number of hydrogen-bond donors (Lipinski definition) is 1. The molecule has 0 bridgehead atoms. The fraction of sp³-hybridized carbons (Fsp3) is 0.636. The Hall–Kier alpha value is -1.50. The second kappa shape index (κ2) is 4.83. The van der Waals surface area contributed by atoms with Crippen LogP contribution in [0.2, 0.25) is 0 Å². The number of hydrogen-bond acceptors (Lipinski definition) is 2. The van der Waals surface area contributed by atoms with Crippen molar-refractivity contribution < 1.29 is 14.7 Å². The minimum absolute atomic E-state index is 0.0523. The number of nitrogens with zero attached hydrogens (tertiary/aromatic N) is 1. The van der Waals surface area contributed by atoms with E-state index in [4.69, 9.17) is 11.5 Å². The van der Waals surface area contributed by atoms with E-state index >= 15 is 0 Å². The van der Waals surface area contributed by atoms with Gasteiger partial charge in [0.25, 0.3) is 0 Å². The van der Waals surface area contributed by atoms with Gasteiger partial charge in [-0.3, -0.25) is 9.59 Å². The summed E-state index contributed by atoms with van der Waals surface area (Å²) in [4.78, 5) is 24.1. The van der Waals surface area contributed by atoms with Crippen LogP contribution in [-0.2, 0) is 9.59 Å². The van der Waals surface area contributed by atoms with Gasteiger partial charge < -0.3 is 10.0 Å². The second-order valence-corrected chi connectivity index (χ2v) is 3.80. The van der Waals surface area contributed by atoms with Gasteiger partial charge in [0, 0.05) is 12.6 Å². The number of carboxylic acids is 1. The van der Waals surface area contributed by atoms with Crippen LogP contribution in [0, 0.1) is 18.3 Å². The minimum Gasteiger partial charge on any atom is -0.481 e. The van der Waals surface area contributed by atoms with Crippen LogP contribution in [0.15, 0.2) is 0 Å². The molecule has 1 fully saturated rings. The molecule has 15 heavy (non-hydrogen) atoms. The topological polar surface area (TPSA) is 57.6 Å². The molecule has 0 aliphatic carbocycles. The van der Waals surface area contributed by atoms with Gasteiger partial charge >= 0.3 is 5.97 Å². The van der Waals surface area contributed by atoms with Crippen molar-refractivity contribution in [3.8, 4) is 12.3 Å². The molecule has 1 saturated heterocycles. The molecule has 2 unspecified atom stereocenters. The Labute approximate surface area is 89.3 Å². The maximum Gasteiger partial charge on any atom is 0.308 e. The molecule has 82 valence electrons. The lowest BCUT2D eigenvalue weighted by Gasteiger charge is -2.37. The van der Waals surface area contributed by atoms with Crippen LogP contribution in [-0.4, -0.2) is 34.5 Å². The van der Waals surface area contributed by atoms with Crippen LogP contribution < -0.4 is 0 Å². The zero-order chi connectivity index (χ0) is 11.4. The van der Waals surface area contributed by atoms with Crippen molar-refractivity contribution in [1.29, 1.82) is 0 Å². The van der Waals surface area contributed by atoms with Crippen LogP contribution in [0.25, 0.3) is 0 Å². The number of likely N-dealkylation sites (tertiary alicyclic amines) is 1. The van der Waals surface area contributed by atoms with E-state index in [-0.39, 0.29) is 18.4 Å². The van der Waals surface area contributed by atoms with E-state index in [0.29, 0.717) is 13.0 Å². The molecule has 1 aliphatic heterocycles. The van der Waals surface area contributed by atoms with Crippen LogP contribution in [0.1, 0.15) is 26.2 Å². The highest BCUT2D eigenvalue weighted by atomic mass is 16.4. The number of carboxylic acid groups (broad SMARTS) is 1. The Balaban J connectivity index is 2.71. The third-order valence-corrected chi connectivity index (χ3v) is 2.88. The van der Waals surface area contributed by atoms with Gasteiger partial charge in [0.2, 0.25) is 5.91 Å². The van der Waals surface area contributed by atoms with Gasteiger partial charge in [0.05, 0.1) is 12.3 Å². The predicted molar refractivity (Wildman–Crippen MR) is 55.0 cm³/mol. The van der Waals surface area contributed by atoms with Crippen molar-refractivity contribution in [2.24, 2.45) is 5.92 Å². The summed E-state index contributed by atoms with van der Waals surface area (Å²) in [5, 5.41) is 8.96. The second-order valence-electron chi connectivity index (χ2n) is 3.80. The summed E-state index contributed by atoms with van der Waals surface area (Å²) in [6.07, 6.45) is 6.48. The Morgan fingerprint density at radius 1 is 1.60 bits per heavy atom. The average molecular weight is 209 g/mol. The summed E-state index contributed by atoms with van der Waals surface area (Å²) in [7, 11) is 0. The van der Waals surface area contributed by atoms with E-state index in [9.17, 15) is 9.59 Å². The Morgan fingerprint density at radius 3 is 2.80 bits per heavy atom. The van der Waals surface area contributed by atoms with Gasteiger partial charge in [-0.25, -0.2) is 0 Å².